The Hall–Kier alpha value is -1.21. The van der Waals surface area contributed by atoms with E-state index in [1.807, 2.05) is 6.92 Å². The van der Waals surface area contributed by atoms with Gasteiger partial charge in [-0.25, -0.2) is 4.98 Å². The minimum absolute atomic E-state index is 0.0576. The van der Waals surface area contributed by atoms with Crippen LogP contribution >= 0.6 is 15.9 Å². The van der Waals surface area contributed by atoms with Crippen LogP contribution in [0.25, 0.3) is 0 Å². The lowest BCUT2D eigenvalue weighted by Gasteiger charge is -2.31. The van der Waals surface area contributed by atoms with E-state index < -0.39 is 10.5 Å². The van der Waals surface area contributed by atoms with Gasteiger partial charge in [-0.1, -0.05) is 13.8 Å². The maximum atomic E-state index is 11.0. The molecule has 0 saturated heterocycles. The highest BCUT2D eigenvalue weighted by Crippen LogP contribution is 2.29. The second-order valence-electron chi connectivity index (χ2n) is 5.27. The van der Waals surface area contributed by atoms with Gasteiger partial charge in [0, 0.05) is 28.8 Å². The first-order chi connectivity index (χ1) is 8.77. The van der Waals surface area contributed by atoms with Gasteiger partial charge in [-0.3, -0.25) is 10.1 Å². The molecular weight excluding hydrogens is 312 g/mol. The second-order valence-corrected chi connectivity index (χ2v) is 6.18. The maximum absolute atomic E-state index is 11.0. The van der Waals surface area contributed by atoms with Crippen LogP contribution in [0.2, 0.25) is 0 Å². The van der Waals surface area contributed by atoms with Crippen LogP contribution in [-0.4, -0.2) is 22.0 Å². The summed E-state index contributed by atoms with van der Waals surface area (Å²) in [5.74, 6) is 0.678. The van der Waals surface area contributed by atoms with Gasteiger partial charge in [-0.15, -0.1) is 0 Å². The lowest BCUT2D eigenvalue weighted by atomic mass is 9.90. The standard InChI is InChI=1S/C12H19BrN4O2/c1-8(2)5-12(3,7-14)16-11-10(17(18)19)4-9(13)6-15-11/h4,6,8H,5,7,14H2,1-3H3,(H,15,16). The molecular formula is C12H19BrN4O2. The molecule has 0 fully saturated rings. The van der Waals surface area contributed by atoms with Crippen LogP contribution in [0.4, 0.5) is 11.5 Å². The average Bonchev–Trinajstić information content (AvgIpc) is 2.30. The molecule has 1 aromatic rings. The van der Waals surface area contributed by atoms with Gasteiger partial charge in [-0.05, 0) is 35.2 Å². The van der Waals surface area contributed by atoms with Crippen molar-refractivity contribution in [2.75, 3.05) is 11.9 Å². The highest BCUT2D eigenvalue weighted by molar-refractivity contribution is 9.10. The van der Waals surface area contributed by atoms with E-state index in [-0.39, 0.29) is 11.5 Å². The van der Waals surface area contributed by atoms with Crippen molar-refractivity contribution in [3.8, 4) is 0 Å². The summed E-state index contributed by atoms with van der Waals surface area (Å²) in [6.07, 6.45) is 2.33. The summed E-state index contributed by atoms with van der Waals surface area (Å²) in [6, 6.07) is 1.43. The fourth-order valence-electron chi connectivity index (χ4n) is 2.04. The Morgan fingerprint density at radius 3 is 2.74 bits per heavy atom. The number of halogens is 1. The molecule has 0 bridgehead atoms. The topological polar surface area (TPSA) is 94.1 Å². The van der Waals surface area contributed by atoms with Crippen molar-refractivity contribution in [2.24, 2.45) is 11.7 Å². The van der Waals surface area contributed by atoms with Crippen LogP contribution in [-0.2, 0) is 0 Å². The number of nitrogens with two attached hydrogens (primary N) is 1. The molecule has 1 aromatic heterocycles. The Labute approximate surface area is 121 Å². The van der Waals surface area contributed by atoms with E-state index in [1.165, 1.54) is 12.3 Å². The van der Waals surface area contributed by atoms with E-state index >= 15 is 0 Å². The number of aromatic nitrogens is 1. The fourth-order valence-corrected chi connectivity index (χ4v) is 2.36. The summed E-state index contributed by atoms with van der Waals surface area (Å²) in [5.41, 5.74) is 5.32. The number of nitrogens with one attached hydrogen (secondary N) is 1. The van der Waals surface area contributed by atoms with E-state index in [1.54, 1.807) is 0 Å². The molecule has 0 aliphatic heterocycles. The zero-order valence-electron chi connectivity index (χ0n) is 11.3. The fraction of sp³-hybridized carbons (Fsp3) is 0.583. The first kappa shape index (κ1) is 15.8. The van der Waals surface area contributed by atoms with Crippen molar-refractivity contribution < 1.29 is 4.92 Å². The van der Waals surface area contributed by atoms with Gasteiger partial charge in [0.05, 0.1) is 4.92 Å². The van der Waals surface area contributed by atoms with Crippen LogP contribution in [0.1, 0.15) is 27.2 Å². The third-order valence-electron chi connectivity index (χ3n) is 2.76. The Balaban J connectivity index is 3.06. The largest absolute Gasteiger partial charge is 0.358 e. The van der Waals surface area contributed by atoms with Crippen molar-refractivity contribution in [3.05, 3.63) is 26.9 Å². The van der Waals surface area contributed by atoms with E-state index in [0.717, 1.165) is 6.42 Å². The van der Waals surface area contributed by atoms with Gasteiger partial charge in [-0.2, -0.15) is 0 Å². The van der Waals surface area contributed by atoms with Crippen molar-refractivity contribution in [1.29, 1.82) is 0 Å². The number of rotatable bonds is 6. The second kappa shape index (κ2) is 6.29. The molecule has 0 spiro atoms. The first-order valence-corrected chi connectivity index (χ1v) is 6.85. The number of pyridine rings is 1. The molecule has 0 amide bonds. The highest BCUT2D eigenvalue weighted by atomic mass is 79.9. The zero-order valence-corrected chi connectivity index (χ0v) is 12.9. The number of anilines is 1. The van der Waals surface area contributed by atoms with Crippen molar-refractivity contribution in [3.63, 3.8) is 0 Å². The van der Waals surface area contributed by atoms with E-state index in [0.29, 0.717) is 16.9 Å². The van der Waals surface area contributed by atoms with Crippen LogP contribution in [0.3, 0.4) is 0 Å². The highest BCUT2D eigenvalue weighted by Gasteiger charge is 2.27. The molecule has 1 atom stereocenters. The molecule has 0 radical (unpaired) electrons. The summed E-state index contributed by atoms with van der Waals surface area (Å²) in [7, 11) is 0. The molecule has 1 unspecified atom stereocenters. The Kier molecular flexibility index (Phi) is 5.25. The third kappa shape index (κ3) is 4.43. The molecule has 0 saturated carbocycles. The summed E-state index contributed by atoms with van der Waals surface area (Å²) < 4.78 is 0.572. The minimum atomic E-state index is -0.452. The molecule has 1 heterocycles. The zero-order chi connectivity index (χ0) is 14.6. The Morgan fingerprint density at radius 1 is 1.63 bits per heavy atom. The van der Waals surface area contributed by atoms with Gasteiger partial charge >= 0.3 is 5.69 Å². The summed E-state index contributed by atoms with van der Waals surface area (Å²) in [6.45, 7) is 6.48. The summed E-state index contributed by atoms with van der Waals surface area (Å²) >= 11 is 3.18. The molecule has 0 aromatic carbocycles. The smallest absolute Gasteiger partial charge is 0.312 e. The van der Waals surface area contributed by atoms with Crippen LogP contribution in [0.15, 0.2) is 16.7 Å². The van der Waals surface area contributed by atoms with Crippen LogP contribution in [0, 0.1) is 16.0 Å². The van der Waals surface area contributed by atoms with Crippen molar-refractivity contribution in [1.82, 2.24) is 4.98 Å². The van der Waals surface area contributed by atoms with Gasteiger partial charge in [0.15, 0.2) is 0 Å². The molecule has 0 aliphatic rings. The quantitative estimate of drug-likeness (QED) is 0.617. The molecule has 6 nitrogen and oxygen atoms in total. The first-order valence-electron chi connectivity index (χ1n) is 6.05. The maximum Gasteiger partial charge on any atom is 0.312 e. The molecule has 3 N–H and O–H groups in total. The summed E-state index contributed by atoms with van der Waals surface area (Å²) in [4.78, 5) is 14.7. The van der Waals surface area contributed by atoms with Crippen LogP contribution < -0.4 is 11.1 Å². The molecule has 1 rings (SSSR count). The molecule has 106 valence electrons. The number of hydrogen-bond donors (Lipinski definition) is 2. The predicted molar refractivity (Wildman–Crippen MR) is 79.1 cm³/mol. The van der Waals surface area contributed by atoms with Crippen molar-refractivity contribution >= 4 is 27.4 Å². The number of nitrogens with zero attached hydrogens (tertiary/aromatic N) is 2. The van der Waals surface area contributed by atoms with E-state index in [2.05, 4.69) is 40.1 Å². The Morgan fingerprint density at radius 2 is 2.26 bits per heavy atom. The van der Waals surface area contributed by atoms with Crippen LogP contribution in [0.5, 0.6) is 0 Å². The van der Waals surface area contributed by atoms with Gasteiger partial charge < -0.3 is 11.1 Å². The van der Waals surface area contributed by atoms with Gasteiger partial charge in [0.2, 0.25) is 5.82 Å². The minimum Gasteiger partial charge on any atom is -0.358 e. The number of hydrogen-bond acceptors (Lipinski definition) is 5. The predicted octanol–water partition coefficient (Wildman–Crippen LogP) is 2.93. The average molecular weight is 331 g/mol. The number of nitro groups is 1. The van der Waals surface area contributed by atoms with Crippen molar-refractivity contribution in [2.45, 2.75) is 32.7 Å². The molecule has 19 heavy (non-hydrogen) atoms. The van der Waals surface area contributed by atoms with Gasteiger partial charge in [0.25, 0.3) is 0 Å². The van der Waals surface area contributed by atoms with Gasteiger partial charge in [0.1, 0.15) is 0 Å². The molecule has 7 heteroatoms. The normalized spacial score (nSPS) is 14.2. The lowest BCUT2D eigenvalue weighted by molar-refractivity contribution is -0.384. The SMILES string of the molecule is CC(C)CC(C)(CN)Nc1ncc(Br)cc1[N+](=O)[O-]. The van der Waals surface area contributed by atoms with E-state index in [9.17, 15) is 10.1 Å². The third-order valence-corrected chi connectivity index (χ3v) is 3.19. The lowest BCUT2D eigenvalue weighted by Crippen LogP contribution is -2.44. The molecule has 0 aliphatic carbocycles. The Bertz CT molecular complexity index is 467. The summed E-state index contributed by atoms with van der Waals surface area (Å²) in [5, 5.41) is 14.2. The monoisotopic (exact) mass is 330 g/mol. The van der Waals surface area contributed by atoms with E-state index in [4.69, 9.17) is 5.73 Å².